The Hall–Kier alpha value is -1.59. The van der Waals surface area contributed by atoms with E-state index < -0.39 is 23.5 Å². The van der Waals surface area contributed by atoms with Crippen LogP contribution in [0, 0.1) is 17.5 Å². The van der Waals surface area contributed by atoms with Crippen LogP contribution in [0.1, 0.15) is 17.2 Å². The van der Waals surface area contributed by atoms with Crippen molar-refractivity contribution in [2.75, 3.05) is 7.05 Å². The van der Waals surface area contributed by atoms with Crippen LogP contribution >= 0.6 is 11.6 Å². The molecule has 0 aliphatic rings. The highest BCUT2D eigenvalue weighted by atomic mass is 35.5. The van der Waals surface area contributed by atoms with Gasteiger partial charge in [-0.1, -0.05) is 17.7 Å². The van der Waals surface area contributed by atoms with Crippen LogP contribution in [-0.2, 0) is 6.42 Å². The van der Waals surface area contributed by atoms with Gasteiger partial charge in [-0.2, -0.15) is 0 Å². The van der Waals surface area contributed by atoms with Gasteiger partial charge in [0.1, 0.15) is 0 Å². The molecule has 1 atom stereocenters. The smallest absolute Gasteiger partial charge is 0.194 e. The van der Waals surface area contributed by atoms with E-state index in [1.807, 2.05) is 0 Å². The van der Waals surface area contributed by atoms with Gasteiger partial charge in [0.15, 0.2) is 17.5 Å². The van der Waals surface area contributed by atoms with Crippen molar-refractivity contribution in [3.05, 3.63) is 64.2 Å². The lowest BCUT2D eigenvalue weighted by Gasteiger charge is -2.18. The summed E-state index contributed by atoms with van der Waals surface area (Å²) in [5.41, 5.74) is 0.796. The summed E-state index contributed by atoms with van der Waals surface area (Å²) in [5, 5.41) is 3.31. The van der Waals surface area contributed by atoms with Gasteiger partial charge in [0.2, 0.25) is 0 Å². The van der Waals surface area contributed by atoms with E-state index in [1.165, 1.54) is 12.3 Å². The molecule has 0 fully saturated rings. The minimum Gasteiger partial charge on any atom is -0.313 e. The number of hydrogen-bond acceptors (Lipinski definition) is 2. The van der Waals surface area contributed by atoms with Crippen molar-refractivity contribution >= 4 is 11.6 Å². The van der Waals surface area contributed by atoms with Gasteiger partial charge in [-0.25, -0.2) is 13.2 Å². The van der Waals surface area contributed by atoms with E-state index in [0.717, 1.165) is 11.6 Å². The number of benzene rings is 1. The average Bonchev–Trinajstić information content (AvgIpc) is 2.45. The lowest BCUT2D eigenvalue weighted by Crippen LogP contribution is -2.21. The highest BCUT2D eigenvalue weighted by molar-refractivity contribution is 6.31. The third-order valence-corrected chi connectivity index (χ3v) is 3.41. The lowest BCUT2D eigenvalue weighted by atomic mass is 9.99. The predicted octanol–water partition coefficient (Wildman–Crippen LogP) is 3.66. The molecule has 1 unspecified atom stereocenters. The molecule has 2 nitrogen and oxygen atoms in total. The van der Waals surface area contributed by atoms with E-state index in [1.54, 1.807) is 19.3 Å². The van der Waals surface area contributed by atoms with Gasteiger partial charge in [-0.3, -0.25) is 4.98 Å². The largest absolute Gasteiger partial charge is 0.313 e. The van der Waals surface area contributed by atoms with E-state index in [9.17, 15) is 13.2 Å². The van der Waals surface area contributed by atoms with Crippen molar-refractivity contribution < 1.29 is 13.2 Å². The Morgan fingerprint density at radius 3 is 2.60 bits per heavy atom. The average molecular weight is 301 g/mol. The first-order chi connectivity index (χ1) is 9.54. The van der Waals surface area contributed by atoms with Crippen LogP contribution in [0.3, 0.4) is 0 Å². The van der Waals surface area contributed by atoms with Crippen LogP contribution in [0.15, 0.2) is 30.6 Å². The van der Waals surface area contributed by atoms with Crippen molar-refractivity contribution in [1.29, 1.82) is 0 Å². The zero-order chi connectivity index (χ0) is 14.7. The lowest BCUT2D eigenvalue weighted by molar-refractivity contribution is 0.428. The van der Waals surface area contributed by atoms with Crippen molar-refractivity contribution in [3.63, 3.8) is 0 Å². The second-order valence-electron chi connectivity index (χ2n) is 4.28. The monoisotopic (exact) mass is 300 g/mol. The molecule has 0 amide bonds. The van der Waals surface area contributed by atoms with E-state index in [4.69, 9.17) is 11.6 Å². The predicted molar refractivity (Wildman–Crippen MR) is 71.1 cm³/mol. The van der Waals surface area contributed by atoms with Gasteiger partial charge < -0.3 is 5.32 Å². The molecule has 0 bridgehead atoms. The van der Waals surface area contributed by atoms with Gasteiger partial charge in [0.05, 0.1) is 5.02 Å². The Balaban J connectivity index is 2.34. The van der Waals surface area contributed by atoms with Gasteiger partial charge in [-0.15, -0.1) is 0 Å². The molecular weight excluding hydrogens is 289 g/mol. The van der Waals surface area contributed by atoms with Crippen molar-refractivity contribution in [2.24, 2.45) is 0 Å². The molecule has 2 rings (SSSR count). The Kier molecular flexibility index (Phi) is 4.62. The number of halogens is 4. The molecule has 2 aromatic rings. The summed E-state index contributed by atoms with van der Waals surface area (Å²) in [6.07, 6.45) is 3.38. The van der Waals surface area contributed by atoms with Crippen LogP contribution in [0.4, 0.5) is 13.2 Å². The van der Waals surface area contributed by atoms with Gasteiger partial charge in [-0.05, 0) is 31.2 Å². The topological polar surface area (TPSA) is 24.9 Å². The van der Waals surface area contributed by atoms with E-state index >= 15 is 0 Å². The summed E-state index contributed by atoms with van der Waals surface area (Å²) in [6, 6.07) is 3.31. The third-order valence-electron chi connectivity index (χ3n) is 3.07. The first-order valence-corrected chi connectivity index (χ1v) is 6.31. The molecule has 1 aromatic carbocycles. The SMILES string of the molecule is CNC(Cc1ccncc1Cl)c1ccc(F)c(F)c1F. The zero-order valence-electron chi connectivity index (χ0n) is 10.6. The highest BCUT2D eigenvalue weighted by Gasteiger charge is 2.20. The number of aromatic nitrogens is 1. The van der Waals surface area contributed by atoms with Crippen LogP contribution in [-0.4, -0.2) is 12.0 Å². The second-order valence-corrected chi connectivity index (χ2v) is 4.68. The number of pyridine rings is 1. The standard InChI is InChI=1S/C14H12ClF3N2/c1-19-12(6-8-4-5-20-7-10(8)15)9-2-3-11(16)14(18)13(9)17/h2-5,7,12,19H,6H2,1H3. The third kappa shape index (κ3) is 2.94. The molecule has 106 valence electrons. The molecular formula is C14H12ClF3N2. The maximum atomic E-state index is 13.8. The van der Waals surface area contributed by atoms with Crippen LogP contribution in [0.2, 0.25) is 5.02 Å². The molecule has 1 aromatic heterocycles. The fourth-order valence-electron chi connectivity index (χ4n) is 1.97. The highest BCUT2D eigenvalue weighted by Crippen LogP contribution is 2.26. The van der Waals surface area contributed by atoms with Crippen LogP contribution < -0.4 is 5.32 Å². The number of likely N-dealkylation sites (N-methyl/N-ethyl adjacent to an activating group) is 1. The first-order valence-electron chi connectivity index (χ1n) is 5.93. The second kappa shape index (κ2) is 6.24. The molecule has 0 saturated heterocycles. The Morgan fingerprint density at radius 1 is 1.20 bits per heavy atom. The molecule has 1 heterocycles. The molecule has 0 radical (unpaired) electrons. The normalized spacial score (nSPS) is 12.4. The summed E-state index contributed by atoms with van der Waals surface area (Å²) >= 11 is 5.99. The van der Waals surface area contributed by atoms with Crippen molar-refractivity contribution in [1.82, 2.24) is 10.3 Å². The Labute approximate surface area is 119 Å². The van der Waals surface area contributed by atoms with Crippen molar-refractivity contribution in [2.45, 2.75) is 12.5 Å². The number of hydrogen-bond donors (Lipinski definition) is 1. The molecule has 6 heteroatoms. The van der Waals surface area contributed by atoms with Crippen LogP contribution in [0.5, 0.6) is 0 Å². The van der Waals surface area contributed by atoms with Gasteiger partial charge in [0.25, 0.3) is 0 Å². The molecule has 0 aliphatic carbocycles. The Bertz CT molecular complexity index is 619. The first kappa shape index (κ1) is 14.8. The molecule has 0 spiro atoms. The van der Waals surface area contributed by atoms with Gasteiger partial charge >= 0.3 is 0 Å². The summed E-state index contributed by atoms with van der Waals surface area (Å²) in [4.78, 5) is 3.86. The quantitative estimate of drug-likeness (QED) is 0.872. The zero-order valence-corrected chi connectivity index (χ0v) is 11.4. The maximum absolute atomic E-state index is 13.8. The molecule has 0 aliphatic heterocycles. The number of nitrogens with zero attached hydrogens (tertiary/aromatic N) is 1. The molecule has 0 saturated carbocycles. The number of rotatable bonds is 4. The summed E-state index contributed by atoms with van der Waals surface area (Å²) in [5.74, 6) is -3.86. The fraction of sp³-hybridized carbons (Fsp3) is 0.214. The maximum Gasteiger partial charge on any atom is 0.194 e. The minimum absolute atomic E-state index is 0.0549. The van der Waals surface area contributed by atoms with E-state index in [-0.39, 0.29) is 5.56 Å². The van der Waals surface area contributed by atoms with E-state index in [0.29, 0.717) is 11.4 Å². The summed E-state index contributed by atoms with van der Waals surface area (Å²) in [7, 11) is 1.61. The molecule has 20 heavy (non-hydrogen) atoms. The summed E-state index contributed by atoms with van der Waals surface area (Å²) < 4.78 is 40.0. The van der Waals surface area contributed by atoms with E-state index in [2.05, 4.69) is 10.3 Å². The Morgan fingerprint density at radius 2 is 1.95 bits per heavy atom. The minimum atomic E-state index is -1.47. The number of nitrogens with one attached hydrogen (secondary N) is 1. The fourth-order valence-corrected chi connectivity index (χ4v) is 2.16. The van der Waals surface area contributed by atoms with Crippen LogP contribution in [0.25, 0.3) is 0 Å². The molecule has 1 N–H and O–H groups in total. The summed E-state index contributed by atoms with van der Waals surface area (Å²) in [6.45, 7) is 0. The van der Waals surface area contributed by atoms with Crippen molar-refractivity contribution in [3.8, 4) is 0 Å². The van der Waals surface area contributed by atoms with Gasteiger partial charge in [0, 0.05) is 24.0 Å².